The molecule has 31 heavy (non-hydrogen) atoms. The van der Waals surface area contributed by atoms with E-state index in [-0.39, 0.29) is 16.7 Å². The number of carboxylic acid groups (broad SMARTS) is 1. The maximum Gasteiger partial charge on any atom is 0.352 e. The van der Waals surface area contributed by atoms with Crippen molar-refractivity contribution in [3.05, 3.63) is 47.7 Å². The number of aromatic nitrogens is 3. The number of fused-ring (bicyclic) bond motifs is 1. The first-order valence-corrected chi connectivity index (χ1v) is 10.7. The molecule has 2 aromatic rings. The van der Waals surface area contributed by atoms with Crippen LogP contribution in [0, 0.1) is 0 Å². The maximum absolute atomic E-state index is 12.7. The molecule has 4 rings (SSSR count). The van der Waals surface area contributed by atoms with Crippen LogP contribution in [-0.2, 0) is 20.9 Å². The summed E-state index contributed by atoms with van der Waals surface area (Å²) in [6.07, 6.45) is 3.61. The van der Waals surface area contributed by atoms with Gasteiger partial charge in [-0.25, -0.2) is 9.36 Å². The van der Waals surface area contributed by atoms with Gasteiger partial charge in [-0.15, -0.1) is 11.8 Å². The maximum atomic E-state index is 12.7. The van der Waals surface area contributed by atoms with Crippen LogP contribution in [0.25, 0.3) is 0 Å². The molecule has 1 unspecified atom stereocenters. The molecule has 2 aromatic heterocycles. The highest BCUT2D eigenvalue weighted by molar-refractivity contribution is 8.00. The summed E-state index contributed by atoms with van der Waals surface area (Å²) >= 11 is 2.16. The van der Waals surface area contributed by atoms with Crippen LogP contribution in [0.5, 0.6) is 0 Å². The van der Waals surface area contributed by atoms with Gasteiger partial charge in [0.25, 0.3) is 11.8 Å². The Balaban J connectivity index is 1.52. The second-order valence-electron chi connectivity index (χ2n) is 6.57. The van der Waals surface area contributed by atoms with E-state index in [9.17, 15) is 24.7 Å². The first-order chi connectivity index (χ1) is 14.9. The number of β-lactam (4-membered cyclic amide) rings is 1. The minimum atomic E-state index is -1.21. The number of hydrogen-bond donors (Lipinski definition) is 4. The number of hydrogen-bond acceptors (Lipinski definition) is 10. The van der Waals surface area contributed by atoms with E-state index in [0.717, 1.165) is 11.5 Å². The Bertz CT molecular complexity index is 1120. The number of oxime groups is 1. The zero-order chi connectivity index (χ0) is 22.1. The van der Waals surface area contributed by atoms with Gasteiger partial charge in [-0.05, 0) is 0 Å². The fraction of sp³-hybridized carbons (Fsp3) is 0.235. The third-order valence-electron chi connectivity index (χ3n) is 4.66. The third-order valence-corrected chi connectivity index (χ3v) is 6.54. The van der Waals surface area contributed by atoms with Gasteiger partial charge < -0.3 is 21.4 Å². The van der Waals surface area contributed by atoms with Crippen LogP contribution in [0.1, 0.15) is 5.82 Å². The van der Waals surface area contributed by atoms with Crippen LogP contribution < -0.4 is 15.6 Å². The number of nitrogens with two attached hydrogens (primary N) is 1. The molecular formula is C17H16N7O5S2+. The lowest BCUT2D eigenvalue weighted by Crippen LogP contribution is -2.71. The van der Waals surface area contributed by atoms with E-state index in [1.165, 1.54) is 16.7 Å². The van der Waals surface area contributed by atoms with Crippen molar-refractivity contribution in [1.29, 1.82) is 0 Å². The number of rotatable bonds is 6. The summed E-state index contributed by atoms with van der Waals surface area (Å²) in [5, 5.41) is 23.8. The molecule has 2 aliphatic rings. The van der Waals surface area contributed by atoms with Crippen LogP contribution in [0.15, 0.2) is 47.0 Å². The number of carbonyl (C=O) groups excluding carboxylic acids is 2. The quantitative estimate of drug-likeness (QED) is 0.138. The Labute approximate surface area is 183 Å². The largest absolute Gasteiger partial charge is 0.477 e. The van der Waals surface area contributed by atoms with Gasteiger partial charge in [0.2, 0.25) is 11.5 Å². The van der Waals surface area contributed by atoms with Crippen LogP contribution in [0.3, 0.4) is 0 Å². The molecule has 12 nitrogen and oxygen atoms in total. The first kappa shape index (κ1) is 20.7. The number of nitrogens with one attached hydrogen (secondary N) is 1. The van der Waals surface area contributed by atoms with E-state index in [1.807, 2.05) is 22.8 Å². The summed E-state index contributed by atoms with van der Waals surface area (Å²) in [5.41, 5.74) is 5.49. The van der Waals surface area contributed by atoms with E-state index in [0.29, 0.717) is 17.9 Å². The van der Waals surface area contributed by atoms with Gasteiger partial charge in [0, 0.05) is 35.0 Å². The highest BCUT2D eigenvalue weighted by Crippen LogP contribution is 2.40. The molecule has 1 saturated heterocycles. The summed E-state index contributed by atoms with van der Waals surface area (Å²) in [6.45, 7) is 0.321. The lowest BCUT2D eigenvalue weighted by atomic mass is 10.0. The molecule has 4 heterocycles. The monoisotopic (exact) mass is 462 g/mol. The zero-order valence-corrected chi connectivity index (χ0v) is 17.3. The van der Waals surface area contributed by atoms with Crippen molar-refractivity contribution in [2.24, 2.45) is 5.16 Å². The van der Waals surface area contributed by atoms with Gasteiger partial charge in [0.1, 0.15) is 17.1 Å². The molecule has 0 aromatic carbocycles. The van der Waals surface area contributed by atoms with Crippen LogP contribution >= 0.6 is 23.3 Å². The van der Waals surface area contributed by atoms with Gasteiger partial charge in [0.05, 0.1) is 0 Å². The highest BCUT2D eigenvalue weighted by Gasteiger charge is 2.54. The number of pyridine rings is 1. The number of amides is 2. The number of thioether (sulfide) groups is 1. The van der Waals surface area contributed by atoms with Crippen molar-refractivity contribution in [3.8, 4) is 0 Å². The summed E-state index contributed by atoms with van der Waals surface area (Å²) in [5.74, 6) is -2.45. The Morgan fingerprint density at radius 3 is 2.71 bits per heavy atom. The predicted molar refractivity (Wildman–Crippen MR) is 109 cm³/mol. The molecular weight excluding hydrogens is 446 g/mol. The number of nitrogen functional groups attached to an aromatic ring is 1. The lowest BCUT2D eigenvalue weighted by molar-refractivity contribution is -0.689. The molecule has 2 aliphatic heterocycles. The number of aliphatic carboxylic acids is 1. The number of anilines is 1. The van der Waals surface area contributed by atoms with Gasteiger partial charge in [-0.2, -0.15) is 9.36 Å². The summed E-state index contributed by atoms with van der Waals surface area (Å²) in [6, 6.07) is 4.52. The number of carboxylic acids is 1. The van der Waals surface area contributed by atoms with E-state index in [2.05, 4.69) is 19.8 Å². The second kappa shape index (κ2) is 8.31. The fourth-order valence-corrected chi connectivity index (χ4v) is 5.07. The lowest BCUT2D eigenvalue weighted by Gasteiger charge is -2.49. The minimum absolute atomic E-state index is 0.0812. The molecule has 0 aliphatic carbocycles. The minimum Gasteiger partial charge on any atom is -0.477 e. The molecule has 1 fully saturated rings. The second-order valence-corrected chi connectivity index (χ2v) is 8.46. The van der Waals surface area contributed by atoms with Crippen molar-refractivity contribution in [1.82, 2.24) is 19.6 Å². The number of nitrogens with zero attached hydrogens (tertiary/aromatic N) is 5. The molecule has 160 valence electrons. The summed E-state index contributed by atoms with van der Waals surface area (Å²) < 4.78 is 5.63. The molecule has 0 saturated carbocycles. The molecule has 5 N–H and O–H groups in total. The normalized spacial score (nSPS) is 20.8. The van der Waals surface area contributed by atoms with Crippen LogP contribution in [0.2, 0.25) is 0 Å². The molecule has 14 heteroatoms. The molecule has 2 amide bonds. The first-order valence-electron chi connectivity index (χ1n) is 8.87. The van der Waals surface area contributed by atoms with Gasteiger partial charge in [-0.1, -0.05) is 11.2 Å². The van der Waals surface area contributed by atoms with Crippen molar-refractivity contribution in [2.75, 3.05) is 11.5 Å². The summed E-state index contributed by atoms with van der Waals surface area (Å²) in [4.78, 5) is 42.1. The highest BCUT2D eigenvalue weighted by atomic mass is 32.2. The third kappa shape index (κ3) is 3.82. The van der Waals surface area contributed by atoms with Gasteiger partial charge in [0.15, 0.2) is 24.1 Å². The SMILES string of the molecule is Nc1nc(C(=NO)C(=O)NC2C(=O)N3C(C(=O)O)=C(C[n+]4ccccc4)CS[C@@H]23)ns1. The van der Waals surface area contributed by atoms with Crippen molar-refractivity contribution < 1.29 is 29.3 Å². The Morgan fingerprint density at radius 2 is 2.10 bits per heavy atom. The average molecular weight is 462 g/mol. The van der Waals surface area contributed by atoms with Gasteiger partial charge >= 0.3 is 5.97 Å². The Kier molecular flexibility index (Phi) is 5.56. The predicted octanol–water partition coefficient (Wildman–Crippen LogP) is -0.975. The van der Waals surface area contributed by atoms with E-state index >= 15 is 0 Å². The van der Waals surface area contributed by atoms with Gasteiger partial charge in [-0.3, -0.25) is 14.5 Å². The van der Waals surface area contributed by atoms with Crippen molar-refractivity contribution in [2.45, 2.75) is 18.0 Å². The molecule has 0 radical (unpaired) electrons. The van der Waals surface area contributed by atoms with Crippen LogP contribution in [0.4, 0.5) is 5.13 Å². The van der Waals surface area contributed by atoms with E-state index in [1.54, 1.807) is 12.4 Å². The number of carbonyl (C=O) groups is 3. The average Bonchev–Trinajstić information content (AvgIpc) is 3.18. The topological polar surface area (TPSA) is 175 Å². The molecule has 0 bridgehead atoms. The van der Waals surface area contributed by atoms with E-state index in [4.69, 9.17) is 5.73 Å². The molecule has 2 atom stereocenters. The Morgan fingerprint density at radius 1 is 1.35 bits per heavy atom. The van der Waals surface area contributed by atoms with Crippen LogP contribution in [-0.4, -0.2) is 65.2 Å². The fourth-order valence-electron chi connectivity index (χ4n) is 3.30. The molecule has 0 spiro atoms. The standard InChI is InChI=1S/C17H15N7O5S2/c18-17-20-12(22-31-17)9(21-29)13(25)19-10-14(26)24-11(16(27)28)8(7-30-15(10)24)6-23-4-2-1-3-5-23/h1-5,10,15H,6-7H2,(H4-,18,19,20,22,25,27,28,29)/p+1/t10?,15-/m0/s1. The Hall–Kier alpha value is -3.52. The van der Waals surface area contributed by atoms with E-state index < -0.39 is 34.9 Å². The smallest absolute Gasteiger partial charge is 0.352 e. The van der Waals surface area contributed by atoms with Crippen molar-refractivity contribution in [3.63, 3.8) is 0 Å². The zero-order valence-electron chi connectivity index (χ0n) is 15.7. The van der Waals surface area contributed by atoms with Crippen molar-refractivity contribution >= 4 is 51.9 Å². The summed E-state index contributed by atoms with van der Waals surface area (Å²) in [7, 11) is 0.